The van der Waals surface area contributed by atoms with Gasteiger partial charge in [0.25, 0.3) is 0 Å². The van der Waals surface area contributed by atoms with Crippen molar-refractivity contribution in [2.75, 3.05) is 18.0 Å². The van der Waals surface area contributed by atoms with Crippen LogP contribution in [0.2, 0.25) is 0 Å². The molecule has 1 N–H and O–H groups in total. The molecule has 25 heavy (non-hydrogen) atoms. The minimum atomic E-state index is -0.274. The van der Waals surface area contributed by atoms with Gasteiger partial charge in [-0.2, -0.15) is 0 Å². The van der Waals surface area contributed by atoms with Crippen molar-refractivity contribution in [3.8, 4) is 17.0 Å². The maximum absolute atomic E-state index is 9.50. The molecule has 2 aromatic heterocycles. The predicted molar refractivity (Wildman–Crippen MR) is 95.9 cm³/mol. The van der Waals surface area contributed by atoms with Crippen molar-refractivity contribution < 1.29 is 9.84 Å². The van der Waals surface area contributed by atoms with Gasteiger partial charge in [-0.15, -0.1) is 0 Å². The van der Waals surface area contributed by atoms with Crippen LogP contribution in [0.5, 0.6) is 5.75 Å². The van der Waals surface area contributed by atoms with Gasteiger partial charge in [0.05, 0.1) is 0 Å². The van der Waals surface area contributed by atoms with Crippen LogP contribution >= 0.6 is 0 Å². The topological polar surface area (TPSA) is 76.3 Å². The van der Waals surface area contributed by atoms with Crippen molar-refractivity contribution in [3.05, 3.63) is 30.5 Å². The summed E-state index contributed by atoms with van der Waals surface area (Å²) < 4.78 is 7.86. The van der Waals surface area contributed by atoms with Gasteiger partial charge in [-0.05, 0) is 0 Å². The molecule has 1 aliphatic rings. The summed E-state index contributed by atoms with van der Waals surface area (Å²) in [6.07, 6.45) is 1.59. The Bertz CT molecular complexity index is 921. The van der Waals surface area contributed by atoms with E-state index in [1.165, 1.54) is 0 Å². The van der Waals surface area contributed by atoms with E-state index in [0.717, 1.165) is 33.7 Å². The number of hydrogen-bond acceptors (Lipinski definition) is 6. The zero-order valence-electron chi connectivity index (χ0n) is 14.1. The van der Waals surface area contributed by atoms with Crippen LogP contribution in [-0.4, -0.2) is 74.3 Å². The van der Waals surface area contributed by atoms with Crippen LogP contribution in [0.15, 0.2) is 30.5 Å². The molecule has 0 spiro atoms. The summed E-state index contributed by atoms with van der Waals surface area (Å²) in [6.45, 7) is 5.23. The van der Waals surface area contributed by atoms with Gasteiger partial charge in [-0.3, -0.25) is 0 Å². The number of rotatable bonds is 4. The normalized spacial score (nSPS) is 14.9. The minimum absolute atomic E-state index is 0.126. The molecule has 1 fully saturated rings. The molecule has 3 heterocycles. The molecule has 4 rings (SSSR count). The Morgan fingerprint density at radius 3 is 2.80 bits per heavy atom. The molecule has 1 saturated heterocycles. The van der Waals surface area contributed by atoms with Crippen LogP contribution in [0.3, 0.4) is 0 Å². The molecule has 1 aromatic carbocycles. The molecule has 0 aliphatic carbocycles. The Labute approximate surface area is 161 Å². The number of aromatic nitrogens is 4. The number of aliphatic hydroxyl groups is 1. The number of ether oxygens (including phenoxy) is 1. The van der Waals surface area contributed by atoms with E-state index < -0.39 is 0 Å². The third-order valence-corrected chi connectivity index (χ3v) is 5.68. The Hall–Kier alpha value is -1.75. The third-order valence-electron chi connectivity index (χ3n) is 4.15. The van der Waals surface area contributed by atoms with Gasteiger partial charge < -0.3 is 0 Å². The molecule has 0 radical (unpaired) electrons. The Kier molecular flexibility index (Phi) is 4.36. The molecule has 0 unspecified atom stereocenters. The summed E-state index contributed by atoms with van der Waals surface area (Å²) in [6, 6.07) is 8.08. The molecule has 126 valence electrons. The molecule has 7 nitrogen and oxygen atoms in total. The second-order valence-electron chi connectivity index (χ2n) is 6.50. The first-order chi connectivity index (χ1) is 12.0. The van der Waals surface area contributed by atoms with Crippen LogP contribution in [0, 0.1) is 0 Å². The Balaban J connectivity index is 1.76. The first-order valence-corrected chi connectivity index (χ1v) is 10.2. The molecule has 0 saturated carbocycles. The summed E-state index contributed by atoms with van der Waals surface area (Å²) in [5.74, 6) is 1.62. The van der Waals surface area contributed by atoms with E-state index in [9.17, 15) is 5.11 Å². The first-order valence-electron chi connectivity index (χ1n) is 8.22. The van der Waals surface area contributed by atoms with Crippen LogP contribution in [-0.2, 0) is 0 Å². The monoisotopic (exact) mass is 529 g/mol. The number of fused-ring (bicyclic) bond motifs is 1. The fraction of sp³-hybridized carbons (Fsp3) is 0.353. The number of anilines is 1. The van der Waals surface area contributed by atoms with Crippen LogP contribution in [0.25, 0.3) is 22.2 Å². The standard InChI is InChI=1S/C17H18N5O2.Tl/c1-10(2)24-13-3-4-15-14(6-13)17(21-19-15)11-5-16(20-18-7-11)22-8-12(23)9-22;/h3-7,10,12,23H,8-9H2,1-2H3;/q-1;+1. The number of benzene rings is 1. The van der Waals surface area contributed by atoms with Crippen molar-refractivity contribution in [2.24, 2.45) is 0 Å². The summed E-state index contributed by atoms with van der Waals surface area (Å²) >= 11 is 0.568. The molecule has 1 aliphatic heterocycles. The van der Waals surface area contributed by atoms with Crippen molar-refractivity contribution in [1.29, 1.82) is 0 Å². The zero-order chi connectivity index (χ0) is 17.6. The van der Waals surface area contributed by atoms with Crippen molar-refractivity contribution >= 4 is 42.8 Å². The van der Waals surface area contributed by atoms with Crippen molar-refractivity contribution in [3.63, 3.8) is 0 Å². The predicted octanol–water partition coefficient (Wildman–Crippen LogP) is 1.39. The summed E-state index contributed by atoms with van der Waals surface area (Å²) in [5, 5.41) is 23.6. The molecule has 0 bridgehead atoms. The first kappa shape index (κ1) is 16.7. The molecule has 0 amide bonds. The molecule has 3 aromatic rings. The maximum atomic E-state index is 9.50. The van der Waals surface area contributed by atoms with E-state index in [1.807, 2.05) is 39.4 Å². The average molecular weight is 529 g/mol. The molecular formula is C17H18N5O2Tl. The quantitative estimate of drug-likeness (QED) is 0.516. The number of hydrogen-bond donors (Lipinski definition) is 1. The fourth-order valence-corrected chi connectivity index (χ4v) is 4.28. The van der Waals surface area contributed by atoms with Gasteiger partial charge in [-0.1, -0.05) is 0 Å². The van der Waals surface area contributed by atoms with E-state index in [0.29, 0.717) is 39.2 Å². The zero-order valence-corrected chi connectivity index (χ0v) is 18.6. The average Bonchev–Trinajstić information content (AvgIpc) is 2.88. The SMILES string of the molecule is CC(C)Oc1ccc2c(c1)c(-c1cnnc(N3CC(O)C3)c1)n[n]2[Tl]. The Morgan fingerprint density at radius 1 is 1.28 bits per heavy atom. The number of β-amino-alcohol motifs (C(OH)–C–C–N with tert-alkyl or cyclic N) is 1. The second kappa shape index (κ2) is 6.52. The second-order valence-corrected chi connectivity index (χ2v) is 8.40. The van der Waals surface area contributed by atoms with E-state index in [1.54, 1.807) is 6.20 Å². The van der Waals surface area contributed by atoms with Gasteiger partial charge >= 0.3 is 162 Å². The van der Waals surface area contributed by atoms with Crippen LogP contribution < -0.4 is 9.64 Å². The summed E-state index contributed by atoms with van der Waals surface area (Å²) in [5.41, 5.74) is 2.93. The summed E-state index contributed by atoms with van der Waals surface area (Å²) in [7, 11) is 0. The van der Waals surface area contributed by atoms with E-state index >= 15 is 0 Å². The Morgan fingerprint density at radius 2 is 2.08 bits per heavy atom. The van der Waals surface area contributed by atoms with Gasteiger partial charge in [0.15, 0.2) is 0 Å². The van der Waals surface area contributed by atoms with Crippen molar-refractivity contribution in [1.82, 2.24) is 17.8 Å². The number of nitrogens with zero attached hydrogens (tertiary/aromatic N) is 5. The van der Waals surface area contributed by atoms with Gasteiger partial charge in [0.2, 0.25) is 0 Å². The van der Waals surface area contributed by atoms with E-state index in [2.05, 4.69) is 16.3 Å². The van der Waals surface area contributed by atoms with Crippen LogP contribution in [0.4, 0.5) is 5.82 Å². The van der Waals surface area contributed by atoms with Gasteiger partial charge in [-0.25, -0.2) is 0 Å². The molecule has 0 atom stereocenters. The van der Waals surface area contributed by atoms with Gasteiger partial charge in [0.1, 0.15) is 0 Å². The molecule has 8 heteroatoms. The van der Waals surface area contributed by atoms with Crippen molar-refractivity contribution in [2.45, 2.75) is 26.1 Å². The number of aliphatic hydroxyl groups excluding tert-OH is 1. The van der Waals surface area contributed by atoms with E-state index in [-0.39, 0.29) is 12.2 Å². The van der Waals surface area contributed by atoms with Crippen LogP contribution in [0.1, 0.15) is 13.8 Å². The van der Waals surface area contributed by atoms with Gasteiger partial charge in [0, 0.05) is 0 Å². The fourth-order valence-electron chi connectivity index (χ4n) is 2.96. The molecular weight excluding hydrogens is 511 g/mol. The van der Waals surface area contributed by atoms with E-state index in [4.69, 9.17) is 9.84 Å². The third kappa shape index (κ3) is 3.22. The summed E-state index contributed by atoms with van der Waals surface area (Å²) in [4.78, 5) is 2.01.